The maximum absolute atomic E-state index is 11.7. The number of amides is 1. The zero-order valence-corrected chi connectivity index (χ0v) is 9.45. The lowest BCUT2D eigenvalue weighted by molar-refractivity contribution is 0.0958. The van der Waals surface area contributed by atoms with Gasteiger partial charge in [0.05, 0.1) is 6.54 Å². The van der Waals surface area contributed by atoms with E-state index in [4.69, 9.17) is 22.5 Å². The van der Waals surface area contributed by atoms with Crippen molar-refractivity contribution >= 4 is 23.3 Å². The molecule has 6 heteroatoms. The highest BCUT2D eigenvalue weighted by atomic mass is 35.5. The number of rotatable bonds is 3. The molecule has 0 radical (unpaired) electrons. The predicted molar refractivity (Wildman–Crippen MR) is 61.9 cm³/mol. The zero-order valence-electron chi connectivity index (χ0n) is 8.70. The minimum absolute atomic E-state index is 0.0126. The topological polar surface area (TPSA) is 87.7 Å². The first-order valence-corrected chi connectivity index (χ1v) is 4.93. The summed E-state index contributed by atoms with van der Waals surface area (Å²) < 4.78 is 0. The number of nitrogens with two attached hydrogens (primary N) is 1. The van der Waals surface area contributed by atoms with Crippen LogP contribution in [0, 0.1) is 6.92 Å². The maximum Gasteiger partial charge on any atom is 0.251 e. The van der Waals surface area contributed by atoms with Crippen LogP contribution < -0.4 is 11.1 Å². The summed E-state index contributed by atoms with van der Waals surface area (Å²) in [5.74, 6) is -0.375. The molecule has 0 unspecified atom stereocenters. The summed E-state index contributed by atoms with van der Waals surface area (Å²) in [7, 11) is 0. The van der Waals surface area contributed by atoms with E-state index in [9.17, 15) is 4.79 Å². The Morgan fingerprint density at radius 2 is 2.31 bits per heavy atom. The lowest BCUT2D eigenvalue weighted by atomic mass is 10.1. The Labute approximate surface area is 97.9 Å². The molecule has 1 rings (SSSR count). The highest BCUT2D eigenvalue weighted by Gasteiger charge is 2.09. The van der Waals surface area contributed by atoms with E-state index in [1.165, 1.54) is 0 Å². The van der Waals surface area contributed by atoms with E-state index in [0.717, 1.165) is 5.56 Å². The fourth-order valence-corrected chi connectivity index (χ4v) is 1.31. The van der Waals surface area contributed by atoms with Crippen LogP contribution in [0.2, 0.25) is 5.02 Å². The van der Waals surface area contributed by atoms with Gasteiger partial charge in [0.25, 0.3) is 5.91 Å². The molecule has 0 spiro atoms. The second-order valence-electron chi connectivity index (χ2n) is 3.23. The van der Waals surface area contributed by atoms with E-state index in [1.54, 1.807) is 25.1 Å². The Balaban J connectivity index is 2.77. The normalized spacial score (nSPS) is 11.2. The van der Waals surface area contributed by atoms with E-state index in [2.05, 4.69) is 10.5 Å². The number of nitrogens with one attached hydrogen (secondary N) is 1. The van der Waals surface area contributed by atoms with Crippen LogP contribution in [0.5, 0.6) is 0 Å². The SMILES string of the molecule is Cc1ccc(Cl)cc1C(=O)NC/C(N)=N/O. The van der Waals surface area contributed by atoms with Gasteiger partial charge in [-0.3, -0.25) is 4.79 Å². The molecule has 0 fully saturated rings. The van der Waals surface area contributed by atoms with Crippen LogP contribution in [0.4, 0.5) is 0 Å². The third-order valence-corrected chi connectivity index (χ3v) is 2.24. The van der Waals surface area contributed by atoms with E-state index in [1.807, 2.05) is 0 Å². The Morgan fingerprint density at radius 1 is 1.62 bits per heavy atom. The molecule has 0 bridgehead atoms. The number of benzene rings is 1. The average Bonchev–Trinajstić information content (AvgIpc) is 2.28. The third kappa shape index (κ3) is 3.13. The zero-order chi connectivity index (χ0) is 12.1. The van der Waals surface area contributed by atoms with E-state index < -0.39 is 0 Å². The van der Waals surface area contributed by atoms with Crippen LogP contribution in [-0.4, -0.2) is 23.5 Å². The van der Waals surface area contributed by atoms with Crippen LogP contribution >= 0.6 is 11.6 Å². The Kier molecular flexibility index (Phi) is 4.13. The molecule has 16 heavy (non-hydrogen) atoms. The first-order valence-electron chi connectivity index (χ1n) is 4.55. The highest BCUT2D eigenvalue weighted by molar-refractivity contribution is 6.31. The maximum atomic E-state index is 11.7. The molecule has 0 atom stereocenters. The highest BCUT2D eigenvalue weighted by Crippen LogP contribution is 2.14. The van der Waals surface area contributed by atoms with Crippen molar-refractivity contribution in [1.82, 2.24) is 5.32 Å². The van der Waals surface area contributed by atoms with Gasteiger partial charge in [0.1, 0.15) is 0 Å². The minimum atomic E-state index is -0.313. The lowest BCUT2D eigenvalue weighted by Crippen LogP contribution is -2.33. The molecule has 1 amide bonds. The number of hydrogen-bond acceptors (Lipinski definition) is 3. The number of carbonyl (C=O) groups is 1. The molecule has 86 valence electrons. The summed E-state index contributed by atoms with van der Waals surface area (Å²) in [5, 5.41) is 14.0. The van der Waals surface area contributed by atoms with Crippen molar-refractivity contribution in [3.63, 3.8) is 0 Å². The van der Waals surface area contributed by atoms with Crippen LogP contribution in [0.3, 0.4) is 0 Å². The van der Waals surface area contributed by atoms with Gasteiger partial charge in [0, 0.05) is 10.6 Å². The number of aryl methyl sites for hydroxylation is 1. The largest absolute Gasteiger partial charge is 0.409 e. The summed E-state index contributed by atoms with van der Waals surface area (Å²) in [6, 6.07) is 5.02. The van der Waals surface area contributed by atoms with Gasteiger partial charge >= 0.3 is 0 Å². The van der Waals surface area contributed by atoms with Gasteiger partial charge in [0.15, 0.2) is 5.84 Å². The fourth-order valence-electron chi connectivity index (χ4n) is 1.14. The van der Waals surface area contributed by atoms with Crippen molar-refractivity contribution < 1.29 is 10.0 Å². The predicted octanol–water partition coefficient (Wildman–Crippen LogP) is 1.12. The van der Waals surface area contributed by atoms with Gasteiger partial charge in [-0.2, -0.15) is 0 Å². The molecule has 0 heterocycles. The third-order valence-electron chi connectivity index (χ3n) is 2.00. The molecule has 5 nitrogen and oxygen atoms in total. The summed E-state index contributed by atoms with van der Waals surface area (Å²) in [6.45, 7) is 1.79. The molecule has 0 aromatic heterocycles. The quantitative estimate of drug-likeness (QED) is 0.321. The van der Waals surface area contributed by atoms with E-state index in [0.29, 0.717) is 10.6 Å². The Morgan fingerprint density at radius 3 is 2.94 bits per heavy atom. The first kappa shape index (κ1) is 12.3. The van der Waals surface area contributed by atoms with Crippen LogP contribution in [0.1, 0.15) is 15.9 Å². The smallest absolute Gasteiger partial charge is 0.251 e. The second kappa shape index (κ2) is 5.37. The van der Waals surface area contributed by atoms with Crippen molar-refractivity contribution in [3.05, 3.63) is 34.3 Å². The van der Waals surface area contributed by atoms with Gasteiger partial charge in [0.2, 0.25) is 0 Å². The van der Waals surface area contributed by atoms with Crippen LogP contribution in [-0.2, 0) is 0 Å². The lowest BCUT2D eigenvalue weighted by Gasteiger charge is -2.07. The number of hydrogen-bond donors (Lipinski definition) is 3. The molecule has 4 N–H and O–H groups in total. The first-order chi connectivity index (χ1) is 7.54. The average molecular weight is 242 g/mol. The number of amidine groups is 1. The van der Waals surface area contributed by atoms with Crippen LogP contribution in [0.25, 0.3) is 0 Å². The van der Waals surface area contributed by atoms with Gasteiger partial charge in [-0.05, 0) is 24.6 Å². The summed E-state index contributed by atoms with van der Waals surface area (Å²) in [4.78, 5) is 11.7. The van der Waals surface area contributed by atoms with Gasteiger partial charge in [-0.25, -0.2) is 0 Å². The molecule has 0 aliphatic rings. The van der Waals surface area contributed by atoms with E-state index >= 15 is 0 Å². The molecular weight excluding hydrogens is 230 g/mol. The number of nitrogens with zero attached hydrogens (tertiary/aromatic N) is 1. The summed E-state index contributed by atoms with van der Waals surface area (Å²) in [5.41, 5.74) is 6.50. The molecule has 1 aromatic rings. The minimum Gasteiger partial charge on any atom is -0.409 e. The van der Waals surface area contributed by atoms with Gasteiger partial charge in [-0.1, -0.05) is 22.8 Å². The number of carbonyl (C=O) groups excluding carboxylic acids is 1. The van der Waals surface area contributed by atoms with E-state index in [-0.39, 0.29) is 18.3 Å². The number of oxime groups is 1. The number of halogens is 1. The fraction of sp³-hybridized carbons (Fsp3) is 0.200. The molecule has 0 aliphatic heterocycles. The Hall–Kier alpha value is -1.75. The summed E-state index contributed by atoms with van der Waals surface area (Å²) in [6.07, 6.45) is 0. The standard InChI is InChI=1S/C10H12ClN3O2/c1-6-2-3-7(11)4-8(6)10(15)13-5-9(12)14-16/h2-4,16H,5H2,1H3,(H2,12,14)(H,13,15). The molecular formula is C10H12ClN3O2. The molecule has 1 aromatic carbocycles. The molecule has 0 aliphatic carbocycles. The summed E-state index contributed by atoms with van der Waals surface area (Å²) >= 11 is 5.78. The van der Waals surface area contributed by atoms with Crippen molar-refractivity contribution in [2.45, 2.75) is 6.92 Å². The monoisotopic (exact) mass is 241 g/mol. The molecule has 0 saturated heterocycles. The second-order valence-corrected chi connectivity index (χ2v) is 3.67. The Bertz CT molecular complexity index is 432. The van der Waals surface area contributed by atoms with Crippen molar-refractivity contribution in [3.8, 4) is 0 Å². The molecule has 0 saturated carbocycles. The van der Waals surface area contributed by atoms with Crippen molar-refractivity contribution in [2.24, 2.45) is 10.9 Å². The van der Waals surface area contributed by atoms with Crippen molar-refractivity contribution in [1.29, 1.82) is 0 Å². The van der Waals surface area contributed by atoms with Gasteiger partial charge < -0.3 is 16.3 Å². The van der Waals surface area contributed by atoms with Crippen molar-refractivity contribution in [2.75, 3.05) is 6.54 Å². The van der Waals surface area contributed by atoms with Gasteiger partial charge in [-0.15, -0.1) is 0 Å². The van der Waals surface area contributed by atoms with Crippen LogP contribution in [0.15, 0.2) is 23.4 Å².